The number of carbonyl (C=O) groups excluding carboxylic acids is 1. The number of likely N-dealkylation sites (tertiary alicyclic amines) is 1. The number of methoxy groups -OCH3 is 1. The molecule has 2 atom stereocenters. The molecule has 6 rings (SSSR count). The number of oxazole rings is 1. The van der Waals surface area contributed by atoms with E-state index in [1.54, 1.807) is 29.7 Å². The zero-order chi connectivity index (χ0) is 31.7. The van der Waals surface area contributed by atoms with E-state index in [0.717, 1.165) is 31.2 Å². The normalized spacial score (nSPS) is 17.9. The highest BCUT2D eigenvalue weighted by Gasteiger charge is 2.42. The number of nitrogens with zero attached hydrogens (tertiary/aromatic N) is 4. The summed E-state index contributed by atoms with van der Waals surface area (Å²) < 4.78 is 26.5. The minimum atomic E-state index is -1.38. The average molecular weight is 637 g/mol. The molecule has 3 aromatic heterocycles. The van der Waals surface area contributed by atoms with E-state index in [1.807, 2.05) is 38.1 Å². The lowest BCUT2D eigenvalue weighted by Crippen LogP contribution is -2.57. The first-order valence-corrected chi connectivity index (χ1v) is 16.4. The number of hydrogen-bond donors (Lipinski definition) is 0. The van der Waals surface area contributed by atoms with Gasteiger partial charge in [-0.15, -0.1) is 11.3 Å². The molecule has 0 aliphatic carbocycles. The first-order chi connectivity index (χ1) is 21.8. The van der Waals surface area contributed by atoms with E-state index in [1.165, 1.54) is 22.2 Å². The summed E-state index contributed by atoms with van der Waals surface area (Å²) in [5, 5.41) is 0.367. The third kappa shape index (κ3) is 5.64. The Kier molecular flexibility index (Phi) is 8.98. The molecule has 1 amide bonds. The van der Waals surface area contributed by atoms with Gasteiger partial charge in [-0.05, 0) is 57.6 Å². The van der Waals surface area contributed by atoms with Gasteiger partial charge in [-0.1, -0.05) is 25.1 Å². The fourth-order valence-electron chi connectivity index (χ4n) is 6.51. The first-order valence-electron chi connectivity index (χ1n) is 15.6. The maximum Gasteiger partial charge on any atom is 0.333 e. The van der Waals surface area contributed by atoms with Crippen molar-refractivity contribution in [2.75, 3.05) is 33.4 Å². The number of amides is 1. The van der Waals surface area contributed by atoms with Gasteiger partial charge in [0.15, 0.2) is 0 Å². The van der Waals surface area contributed by atoms with Crippen LogP contribution in [0.25, 0.3) is 21.0 Å². The van der Waals surface area contributed by atoms with Gasteiger partial charge in [0.25, 0.3) is 5.56 Å². The van der Waals surface area contributed by atoms with E-state index in [9.17, 15) is 14.4 Å². The molecule has 11 nitrogen and oxygen atoms in total. The molecule has 5 heterocycles. The molecule has 45 heavy (non-hydrogen) atoms. The molecular weight excluding hydrogens is 596 g/mol. The van der Waals surface area contributed by atoms with Crippen molar-refractivity contribution in [1.29, 1.82) is 0 Å². The molecule has 0 bridgehead atoms. The number of ether oxygens (including phenoxy) is 3. The van der Waals surface area contributed by atoms with Gasteiger partial charge in [-0.25, -0.2) is 14.3 Å². The summed E-state index contributed by atoms with van der Waals surface area (Å²) in [6.45, 7) is 7.89. The van der Waals surface area contributed by atoms with Crippen LogP contribution in [-0.4, -0.2) is 64.4 Å². The first kappa shape index (κ1) is 31.3. The molecule has 2 saturated heterocycles. The second-order valence-corrected chi connectivity index (χ2v) is 12.9. The molecule has 1 aromatic carbocycles. The maximum absolute atomic E-state index is 14.8. The largest absolute Gasteiger partial charge is 0.496 e. The Labute approximate surface area is 265 Å². The Morgan fingerprint density at radius 2 is 1.91 bits per heavy atom. The standard InChI is InChI=1S/C33H40N4O7S/c1-5-33(3,31(39)35-15-8-9-16-35)37-29(38)26-21(2)27(28-34-14-19-43-28)45-30(26)36(32(37)40)20-25(44-22-12-17-42-18-13-22)23-10-6-7-11-24(23)41-4/h6-7,10-11,14,19,22,25H,5,8-9,12-13,15-18,20H2,1-4H3/t25-,33?/m0/s1. The van der Waals surface area contributed by atoms with Crippen LogP contribution in [0, 0.1) is 6.92 Å². The average Bonchev–Trinajstić information content (AvgIpc) is 3.85. The molecule has 0 radical (unpaired) electrons. The predicted molar refractivity (Wildman–Crippen MR) is 171 cm³/mol. The fraction of sp³-hybridized carbons (Fsp3) is 0.515. The van der Waals surface area contributed by atoms with E-state index in [4.69, 9.17) is 18.6 Å². The summed E-state index contributed by atoms with van der Waals surface area (Å²) in [4.78, 5) is 50.5. The van der Waals surface area contributed by atoms with E-state index in [0.29, 0.717) is 58.6 Å². The number of thiophene rings is 1. The van der Waals surface area contributed by atoms with Gasteiger partial charge in [0.2, 0.25) is 11.8 Å². The monoisotopic (exact) mass is 636 g/mol. The van der Waals surface area contributed by atoms with E-state index < -0.39 is 22.9 Å². The van der Waals surface area contributed by atoms with Crippen molar-refractivity contribution in [2.24, 2.45) is 0 Å². The van der Waals surface area contributed by atoms with Gasteiger partial charge in [-0.2, -0.15) is 0 Å². The van der Waals surface area contributed by atoms with Crippen molar-refractivity contribution in [3.8, 4) is 16.5 Å². The predicted octanol–water partition coefficient (Wildman–Crippen LogP) is 4.88. The third-order valence-electron chi connectivity index (χ3n) is 9.23. The highest BCUT2D eigenvalue weighted by Crippen LogP contribution is 2.38. The van der Waals surface area contributed by atoms with Crippen molar-refractivity contribution < 1.29 is 23.4 Å². The van der Waals surface area contributed by atoms with Crippen LogP contribution in [0.5, 0.6) is 5.75 Å². The van der Waals surface area contributed by atoms with Crippen molar-refractivity contribution in [3.05, 3.63) is 68.7 Å². The number of rotatable bonds is 10. The lowest BCUT2D eigenvalue weighted by molar-refractivity contribution is -0.139. The van der Waals surface area contributed by atoms with Gasteiger partial charge in [0, 0.05) is 31.9 Å². The lowest BCUT2D eigenvalue weighted by atomic mass is 9.96. The fourth-order valence-corrected chi connectivity index (χ4v) is 7.75. The van der Waals surface area contributed by atoms with E-state index in [-0.39, 0.29) is 25.0 Å². The van der Waals surface area contributed by atoms with Crippen molar-refractivity contribution >= 4 is 27.5 Å². The van der Waals surface area contributed by atoms with E-state index in [2.05, 4.69) is 4.98 Å². The number of aryl methyl sites for hydroxylation is 1. The number of aromatic nitrogens is 3. The molecule has 2 aliphatic heterocycles. The summed E-state index contributed by atoms with van der Waals surface area (Å²) in [6, 6.07) is 7.61. The summed E-state index contributed by atoms with van der Waals surface area (Å²) >= 11 is 1.28. The van der Waals surface area contributed by atoms with Crippen LogP contribution in [-0.2, 0) is 26.4 Å². The molecule has 0 spiro atoms. The second kappa shape index (κ2) is 12.9. The van der Waals surface area contributed by atoms with Crippen LogP contribution in [0.1, 0.15) is 63.2 Å². The molecule has 0 N–H and O–H groups in total. The van der Waals surface area contributed by atoms with Crippen LogP contribution in [0.15, 0.2) is 50.7 Å². The lowest BCUT2D eigenvalue weighted by Gasteiger charge is -2.34. The quantitative estimate of drug-likeness (QED) is 0.242. The SMILES string of the molecule is CCC(C)(C(=O)N1CCCC1)n1c(=O)c2c(C)c(-c3ncco3)sc2n(C[C@H](OC2CCOCC2)c2ccccc2OC)c1=O. The van der Waals surface area contributed by atoms with Gasteiger partial charge in [0.1, 0.15) is 28.5 Å². The molecule has 240 valence electrons. The number of fused-ring (bicyclic) bond motifs is 1. The van der Waals surface area contributed by atoms with E-state index >= 15 is 0 Å². The summed E-state index contributed by atoms with van der Waals surface area (Å²) in [5.41, 5.74) is -0.991. The van der Waals surface area contributed by atoms with Gasteiger partial charge in [0.05, 0.1) is 36.2 Å². The molecule has 12 heteroatoms. The van der Waals surface area contributed by atoms with Gasteiger partial charge >= 0.3 is 5.69 Å². The van der Waals surface area contributed by atoms with Gasteiger partial charge in [-0.3, -0.25) is 14.2 Å². The Morgan fingerprint density at radius 3 is 2.58 bits per heavy atom. The smallest absolute Gasteiger partial charge is 0.333 e. The summed E-state index contributed by atoms with van der Waals surface area (Å²) in [7, 11) is 1.61. The molecule has 0 saturated carbocycles. The Bertz CT molecular complexity index is 1780. The molecule has 2 aliphatic rings. The number of carbonyl (C=O) groups is 1. The molecule has 4 aromatic rings. The second-order valence-electron chi connectivity index (χ2n) is 11.9. The van der Waals surface area contributed by atoms with Crippen LogP contribution < -0.4 is 16.0 Å². The van der Waals surface area contributed by atoms with Crippen LogP contribution in [0.2, 0.25) is 0 Å². The van der Waals surface area contributed by atoms with Crippen LogP contribution in [0.4, 0.5) is 0 Å². The summed E-state index contributed by atoms with van der Waals surface area (Å²) in [5.74, 6) is 0.788. The summed E-state index contributed by atoms with van der Waals surface area (Å²) in [6.07, 6.45) is 5.86. The molecule has 1 unspecified atom stereocenters. The minimum Gasteiger partial charge on any atom is -0.496 e. The van der Waals surface area contributed by atoms with Crippen LogP contribution >= 0.6 is 11.3 Å². The zero-order valence-corrected chi connectivity index (χ0v) is 27.1. The highest BCUT2D eigenvalue weighted by molar-refractivity contribution is 7.22. The zero-order valence-electron chi connectivity index (χ0n) is 26.2. The minimum absolute atomic E-state index is 0.0867. The van der Waals surface area contributed by atoms with Crippen molar-refractivity contribution in [3.63, 3.8) is 0 Å². The number of hydrogen-bond acceptors (Lipinski definition) is 9. The number of benzene rings is 1. The van der Waals surface area contributed by atoms with Crippen LogP contribution in [0.3, 0.4) is 0 Å². The Hall–Kier alpha value is -3.74. The highest BCUT2D eigenvalue weighted by atomic mass is 32.1. The van der Waals surface area contributed by atoms with Crippen molar-refractivity contribution in [1.82, 2.24) is 19.0 Å². The van der Waals surface area contributed by atoms with Crippen molar-refractivity contribution in [2.45, 2.75) is 77.2 Å². The maximum atomic E-state index is 14.8. The molecular formula is C33H40N4O7S. The Morgan fingerprint density at radius 1 is 1.18 bits per heavy atom. The third-order valence-corrected chi connectivity index (χ3v) is 10.5. The van der Waals surface area contributed by atoms with Gasteiger partial charge < -0.3 is 23.5 Å². The topological polar surface area (TPSA) is 118 Å². The molecule has 2 fully saturated rings. The number of para-hydroxylation sites is 1. The Balaban J connectivity index is 1.58.